The molecule has 1 amide bonds. The lowest BCUT2D eigenvalue weighted by Crippen LogP contribution is -2.30. The minimum atomic E-state index is -0.563. The van der Waals surface area contributed by atoms with E-state index >= 15 is 0 Å². The van der Waals surface area contributed by atoms with Crippen LogP contribution in [0.2, 0.25) is 5.02 Å². The van der Waals surface area contributed by atoms with Crippen molar-refractivity contribution in [2.24, 2.45) is 5.92 Å². The lowest BCUT2D eigenvalue weighted by molar-refractivity contribution is 0.0949. The molecule has 1 rings (SSSR count). The molecule has 1 aromatic carbocycles. The van der Waals surface area contributed by atoms with Gasteiger partial charge in [-0.05, 0) is 30.5 Å². The number of amides is 1. The molecule has 1 N–H and O–H groups in total. The van der Waals surface area contributed by atoms with Gasteiger partial charge in [0.25, 0.3) is 5.91 Å². The van der Waals surface area contributed by atoms with Crippen molar-refractivity contribution < 1.29 is 9.18 Å². The van der Waals surface area contributed by atoms with Gasteiger partial charge in [-0.1, -0.05) is 41.4 Å². The predicted octanol–water partition coefficient (Wildman–Crippen LogP) is 4.02. The first-order chi connectivity index (χ1) is 8.40. The summed E-state index contributed by atoms with van der Waals surface area (Å²) in [6.45, 7) is 4.67. The highest BCUT2D eigenvalue weighted by Crippen LogP contribution is 2.15. The highest BCUT2D eigenvalue weighted by Gasteiger charge is 2.14. The van der Waals surface area contributed by atoms with E-state index in [0.29, 0.717) is 17.5 Å². The smallest absolute Gasteiger partial charge is 0.254 e. The molecule has 0 aliphatic heterocycles. The molecule has 1 aromatic rings. The standard InChI is InChI=1S/C13H16BrClFNO/c1-8(2)5-9(14)7-17-13(18)11-6-10(15)3-4-12(11)16/h3-4,6,8-9H,5,7H2,1-2H3,(H,17,18). The molecule has 0 aliphatic carbocycles. The Morgan fingerprint density at radius 3 is 2.78 bits per heavy atom. The number of alkyl halides is 1. The van der Waals surface area contributed by atoms with Crippen LogP contribution in [-0.2, 0) is 0 Å². The monoisotopic (exact) mass is 335 g/mol. The van der Waals surface area contributed by atoms with Gasteiger partial charge in [0.2, 0.25) is 0 Å². The average Bonchev–Trinajstić information content (AvgIpc) is 2.28. The molecule has 0 spiro atoms. The summed E-state index contributed by atoms with van der Waals surface area (Å²) in [5.41, 5.74) is -0.0215. The Morgan fingerprint density at radius 2 is 2.17 bits per heavy atom. The maximum atomic E-state index is 13.4. The first-order valence-corrected chi connectivity index (χ1v) is 7.06. The van der Waals surface area contributed by atoms with Crippen LogP contribution in [0.5, 0.6) is 0 Å². The molecule has 0 saturated heterocycles. The van der Waals surface area contributed by atoms with Crippen LogP contribution in [0.4, 0.5) is 4.39 Å². The van der Waals surface area contributed by atoms with Crippen molar-refractivity contribution in [2.45, 2.75) is 25.1 Å². The van der Waals surface area contributed by atoms with Gasteiger partial charge in [-0.15, -0.1) is 0 Å². The highest BCUT2D eigenvalue weighted by molar-refractivity contribution is 9.09. The number of carbonyl (C=O) groups is 1. The van der Waals surface area contributed by atoms with Crippen LogP contribution in [0.15, 0.2) is 18.2 Å². The Balaban J connectivity index is 2.58. The third kappa shape index (κ3) is 4.94. The molecule has 0 aliphatic rings. The third-order valence-corrected chi connectivity index (χ3v) is 3.32. The maximum Gasteiger partial charge on any atom is 0.254 e. The SMILES string of the molecule is CC(C)CC(Br)CNC(=O)c1cc(Cl)ccc1F. The molecule has 1 atom stereocenters. The van der Waals surface area contributed by atoms with Crippen LogP contribution in [-0.4, -0.2) is 17.3 Å². The van der Waals surface area contributed by atoms with Crippen molar-refractivity contribution in [3.8, 4) is 0 Å². The van der Waals surface area contributed by atoms with Gasteiger partial charge in [-0.25, -0.2) is 4.39 Å². The summed E-state index contributed by atoms with van der Waals surface area (Å²) >= 11 is 9.21. The Hall–Kier alpha value is -0.610. The third-order valence-electron chi connectivity index (χ3n) is 2.38. The van der Waals surface area contributed by atoms with Crippen molar-refractivity contribution in [3.05, 3.63) is 34.6 Å². The second-order valence-corrected chi connectivity index (χ2v) is 6.29. The van der Waals surface area contributed by atoms with E-state index in [1.807, 2.05) is 0 Å². The fraction of sp³-hybridized carbons (Fsp3) is 0.462. The number of benzene rings is 1. The normalized spacial score (nSPS) is 12.6. The van der Waals surface area contributed by atoms with Crippen LogP contribution >= 0.6 is 27.5 Å². The van der Waals surface area contributed by atoms with Crippen molar-refractivity contribution in [1.82, 2.24) is 5.32 Å². The molecule has 0 saturated carbocycles. The van der Waals surface area contributed by atoms with E-state index in [-0.39, 0.29) is 10.4 Å². The van der Waals surface area contributed by atoms with Gasteiger partial charge in [0, 0.05) is 16.4 Å². The fourth-order valence-corrected chi connectivity index (χ4v) is 2.65. The first kappa shape index (κ1) is 15.4. The van der Waals surface area contributed by atoms with E-state index in [2.05, 4.69) is 35.1 Å². The molecule has 5 heteroatoms. The highest BCUT2D eigenvalue weighted by atomic mass is 79.9. The van der Waals surface area contributed by atoms with E-state index < -0.39 is 11.7 Å². The Morgan fingerprint density at radius 1 is 1.50 bits per heavy atom. The largest absolute Gasteiger partial charge is 0.351 e. The molecule has 0 bridgehead atoms. The lowest BCUT2D eigenvalue weighted by Gasteiger charge is -2.13. The molecule has 0 heterocycles. The number of carbonyl (C=O) groups excluding carboxylic acids is 1. The van der Waals surface area contributed by atoms with Gasteiger partial charge in [-0.3, -0.25) is 4.79 Å². The summed E-state index contributed by atoms with van der Waals surface area (Å²) in [6, 6.07) is 3.94. The van der Waals surface area contributed by atoms with Gasteiger partial charge in [0.15, 0.2) is 0 Å². The van der Waals surface area contributed by atoms with Gasteiger partial charge in [0.05, 0.1) is 5.56 Å². The summed E-state index contributed by atoms with van der Waals surface area (Å²) < 4.78 is 13.4. The second kappa shape index (κ2) is 7.10. The zero-order valence-corrected chi connectivity index (χ0v) is 12.7. The number of nitrogens with one attached hydrogen (secondary N) is 1. The molecule has 2 nitrogen and oxygen atoms in total. The molecule has 0 radical (unpaired) electrons. The molecule has 100 valence electrons. The average molecular weight is 337 g/mol. The first-order valence-electron chi connectivity index (χ1n) is 5.77. The Labute approximate surface area is 120 Å². The summed E-state index contributed by atoms with van der Waals surface area (Å²) in [4.78, 5) is 12.0. The maximum absolute atomic E-state index is 13.4. The molecule has 18 heavy (non-hydrogen) atoms. The number of hydrogen-bond acceptors (Lipinski definition) is 1. The van der Waals surface area contributed by atoms with E-state index in [1.165, 1.54) is 18.2 Å². The van der Waals surface area contributed by atoms with Crippen LogP contribution in [0.25, 0.3) is 0 Å². The minimum absolute atomic E-state index is 0.0215. The van der Waals surface area contributed by atoms with Crippen molar-refractivity contribution in [3.63, 3.8) is 0 Å². The van der Waals surface area contributed by atoms with Crippen LogP contribution in [0, 0.1) is 11.7 Å². The molecule has 0 aromatic heterocycles. The van der Waals surface area contributed by atoms with Crippen molar-refractivity contribution in [1.29, 1.82) is 0 Å². The molecular weight excluding hydrogens is 321 g/mol. The van der Waals surface area contributed by atoms with E-state index in [1.54, 1.807) is 0 Å². The number of halogens is 3. The topological polar surface area (TPSA) is 29.1 Å². The van der Waals surface area contributed by atoms with Gasteiger partial charge >= 0.3 is 0 Å². The van der Waals surface area contributed by atoms with Crippen LogP contribution in [0.3, 0.4) is 0 Å². The number of rotatable bonds is 5. The zero-order chi connectivity index (χ0) is 13.7. The van der Waals surface area contributed by atoms with Gasteiger partial charge in [0.1, 0.15) is 5.82 Å². The van der Waals surface area contributed by atoms with E-state index in [0.717, 1.165) is 6.42 Å². The number of hydrogen-bond donors (Lipinski definition) is 1. The van der Waals surface area contributed by atoms with Crippen LogP contribution < -0.4 is 5.32 Å². The van der Waals surface area contributed by atoms with Gasteiger partial charge < -0.3 is 5.32 Å². The fourth-order valence-electron chi connectivity index (χ4n) is 1.57. The Bertz CT molecular complexity index is 425. The lowest BCUT2D eigenvalue weighted by atomic mass is 10.1. The summed E-state index contributed by atoms with van der Waals surface area (Å²) in [7, 11) is 0. The van der Waals surface area contributed by atoms with Crippen LogP contribution in [0.1, 0.15) is 30.6 Å². The summed E-state index contributed by atoms with van der Waals surface area (Å²) in [6.07, 6.45) is 0.943. The van der Waals surface area contributed by atoms with E-state index in [4.69, 9.17) is 11.6 Å². The second-order valence-electron chi connectivity index (χ2n) is 4.56. The quantitative estimate of drug-likeness (QED) is 0.809. The Kier molecular flexibility index (Phi) is 6.09. The van der Waals surface area contributed by atoms with E-state index in [9.17, 15) is 9.18 Å². The van der Waals surface area contributed by atoms with Crippen molar-refractivity contribution >= 4 is 33.4 Å². The summed E-state index contributed by atoms with van der Waals surface area (Å²) in [5.74, 6) is -0.468. The predicted molar refractivity (Wildman–Crippen MR) is 75.9 cm³/mol. The zero-order valence-electron chi connectivity index (χ0n) is 10.3. The van der Waals surface area contributed by atoms with Gasteiger partial charge in [-0.2, -0.15) is 0 Å². The minimum Gasteiger partial charge on any atom is -0.351 e. The molecule has 1 unspecified atom stereocenters. The molecule has 0 fully saturated rings. The molecular formula is C13H16BrClFNO. The van der Waals surface area contributed by atoms with Crippen molar-refractivity contribution in [2.75, 3.05) is 6.54 Å². The summed E-state index contributed by atoms with van der Waals surface area (Å²) in [5, 5.41) is 3.03.